The Kier molecular flexibility index (Phi) is 6.46. The predicted octanol–water partition coefficient (Wildman–Crippen LogP) is 3.97. The molecule has 0 aliphatic rings. The highest BCUT2D eigenvalue weighted by Crippen LogP contribution is 2.28. The van der Waals surface area contributed by atoms with E-state index in [4.69, 9.17) is 25.6 Å². The summed E-state index contributed by atoms with van der Waals surface area (Å²) in [5.74, 6) is 1.38. The summed E-state index contributed by atoms with van der Waals surface area (Å²) in [6, 6.07) is 16.6. The third-order valence-corrected chi connectivity index (χ3v) is 4.04. The zero-order valence-electron chi connectivity index (χ0n) is 14.8. The van der Waals surface area contributed by atoms with Gasteiger partial charge in [0.15, 0.2) is 0 Å². The summed E-state index contributed by atoms with van der Waals surface area (Å²) in [6.45, 7) is 2.30. The maximum Gasteiger partial charge on any atom is 0.249 e. The first kappa shape index (κ1) is 18.9. The van der Waals surface area contributed by atoms with Crippen molar-refractivity contribution in [1.82, 2.24) is 10.5 Å². The fourth-order valence-electron chi connectivity index (χ4n) is 2.38. The van der Waals surface area contributed by atoms with Crippen LogP contribution in [0.1, 0.15) is 11.5 Å². The van der Waals surface area contributed by atoms with Crippen LogP contribution in [0.25, 0.3) is 11.5 Å². The SMILES string of the molecule is Cc1oc(-c2ccccc2Cl)nc1CC(=O)NOCCOc1ccccc1. The van der Waals surface area contributed by atoms with Gasteiger partial charge in [-0.05, 0) is 31.2 Å². The summed E-state index contributed by atoms with van der Waals surface area (Å²) in [5, 5.41) is 0.538. The van der Waals surface area contributed by atoms with E-state index >= 15 is 0 Å². The molecule has 0 unspecified atom stereocenters. The number of oxazole rings is 1. The Morgan fingerprint density at radius 2 is 1.85 bits per heavy atom. The molecule has 0 saturated heterocycles. The van der Waals surface area contributed by atoms with E-state index in [1.807, 2.05) is 48.5 Å². The minimum atomic E-state index is -0.322. The van der Waals surface area contributed by atoms with Crippen LogP contribution >= 0.6 is 11.6 Å². The zero-order chi connectivity index (χ0) is 19.1. The lowest BCUT2D eigenvalue weighted by Gasteiger charge is -2.07. The summed E-state index contributed by atoms with van der Waals surface area (Å²) >= 11 is 6.16. The van der Waals surface area contributed by atoms with Crippen molar-refractivity contribution in [1.29, 1.82) is 0 Å². The molecule has 1 N–H and O–H groups in total. The van der Waals surface area contributed by atoms with Crippen LogP contribution in [0, 0.1) is 6.92 Å². The molecular formula is C20H19ClN2O4. The van der Waals surface area contributed by atoms with Crippen LogP contribution in [0.15, 0.2) is 59.0 Å². The number of halogens is 1. The van der Waals surface area contributed by atoms with Crippen molar-refractivity contribution >= 4 is 17.5 Å². The van der Waals surface area contributed by atoms with Gasteiger partial charge in [0, 0.05) is 0 Å². The van der Waals surface area contributed by atoms with Crippen LogP contribution in [0.5, 0.6) is 5.75 Å². The highest BCUT2D eigenvalue weighted by atomic mass is 35.5. The van der Waals surface area contributed by atoms with Crippen molar-refractivity contribution in [3.05, 3.63) is 71.1 Å². The maximum absolute atomic E-state index is 12.0. The second-order valence-electron chi connectivity index (χ2n) is 5.71. The lowest BCUT2D eigenvalue weighted by atomic mass is 10.2. The molecule has 0 fully saturated rings. The number of amides is 1. The van der Waals surface area contributed by atoms with Gasteiger partial charge in [0.1, 0.15) is 24.7 Å². The van der Waals surface area contributed by atoms with Gasteiger partial charge in [-0.3, -0.25) is 9.63 Å². The van der Waals surface area contributed by atoms with Crippen LogP contribution < -0.4 is 10.2 Å². The molecule has 6 nitrogen and oxygen atoms in total. The number of hydrogen-bond acceptors (Lipinski definition) is 5. The van der Waals surface area contributed by atoms with E-state index in [2.05, 4.69) is 10.5 Å². The Labute approximate surface area is 162 Å². The van der Waals surface area contributed by atoms with Gasteiger partial charge in [-0.25, -0.2) is 10.5 Å². The van der Waals surface area contributed by atoms with Crippen molar-refractivity contribution in [2.24, 2.45) is 0 Å². The largest absolute Gasteiger partial charge is 0.491 e. The summed E-state index contributed by atoms with van der Waals surface area (Å²) in [4.78, 5) is 21.5. The number of carbonyl (C=O) groups excluding carboxylic acids is 1. The highest BCUT2D eigenvalue weighted by Gasteiger charge is 2.16. The zero-order valence-corrected chi connectivity index (χ0v) is 15.5. The number of hydrogen-bond donors (Lipinski definition) is 1. The maximum atomic E-state index is 12.0. The number of para-hydroxylation sites is 1. The first-order valence-electron chi connectivity index (χ1n) is 8.43. The van der Waals surface area contributed by atoms with E-state index < -0.39 is 0 Å². The van der Waals surface area contributed by atoms with E-state index in [9.17, 15) is 4.79 Å². The van der Waals surface area contributed by atoms with Gasteiger partial charge in [-0.1, -0.05) is 41.9 Å². The van der Waals surface area contributed by atoms with Crippen LogP contribution in [-0.4, -0.2) is 24.1 Å². The monoisotopic (exact) mass is 386 g/mol. The lowest BCUT2D eigenvalue weighted by Crippen LogP contribution is -2.27. The Morgan fingerprint density at radius 3 is 2.63 bits per heavy atom. The van der Waals surface area contributed by atoms with Gasteiger partial charge in [-0.15, -0.1) is 0 Å². The fraction of sp³-hybridized carbons (Fsp3) is 0.200. The van der Waals surface area contributed by atoms with Crippen LogP contribution in [-0.2, 0) is 16.1 Å². The third kappa shape index (κ3) is 5.32. The number of aromatic nitrogens is 1. The molecular weight excluding hydrogens is 368 g/mol. The Hall–Kier alpha value is -2.83. The number of nitrogens with zero attached hydrogens (tertiary/aromatic N) is 1. The first-order chi connectivity index (χ1) is 13.1. The lowest BCUT2D eigenvalue weighted by molar-refractivity contribution is -0.133. The minimum Gasteiger partial charge on any atom is -0.491 e. The van der Waals surface area contributed by atoms with E-state index in [1.165, 1.54) is 0 Å². The number of ether oxygens (including phenoxy) is 1. The number of carbonyl (C=O) groups is 1. The molecule has 0 aliphatic carbocycles. The van der Waals surface area contributed by atoms with Gasteiger partial charge in [0.2, 0.25) is 11.8 Å². The van der Waals surface area contributed by atoms with Crippen LogP contribution in [0.3, 0.4) is 0 Å². The normalized spacial score (nSPS) is 10.6. The molecule has 0 atom stereocenters. The van der Waals surface area contributed by atoms with Gasteiger partial charge >= 0.3 is 0 Å². The third-order valence-electron chi connectivity index (χ3n) is 3.71. The molecule has 3 aromatic rings. The van der Waals surface area contributed by atoms with Crippen molar-refractivity contribution < 1.29 is 18.8 Å². The van der Waals surface area contributed by atoms with Crippen molar-refractivity contribution in [3.8, 4) is 17.2 Å². The average Bonchev–Trinajstić information content (AvgIpc) is 3.03. The molecule has 3 rings (SSSR count). The molecule has 1 heterocycles. The number of nitrogens with one attached hydrogen (secondary N) is 1. The molecule has 0 bridgehead atoms. The number of rotatable bonds is 8. The molecule has 140 valence electrons. The molecule has 0 aliphatic heterocycles. The second-order valence-corrected chi connectivity index (χ2v) is 6.12. The van der Waals surface area contributed by atoms with Gasteiger partial charge in [-0.2, -0.15) is 0 Å². The molecule has 0 saturated carbocycles. The predicted molar refractivity (Wildman–Crippen MR) is 101 cm³/mol. The summed E-state index contributed by atoms with van der Waals surface area (Å²) in [7, 11) is 0. The van der Waals surface area contributed by atoms with Gasteiger partial charge in [0.25, 0.3) is 0 Å². The topological polar surface area (TPSA) is 73.6 Å². The molecule has 1 amide bonds. The van der Waals surface area contributed by atoms with Crippen LogP contribution in [0.2, 0.25) is 5.02 Å². The van der Waals surface area contributed by atoms with E-state index in [0.29, 0.717) is 34.5 Å². The Bertz CT molecular complexity index is 896. The second kappa shape index (κ2) is 9.21. The number of hydroxylamine groups is 1. The molecule has 0 radical (unpaired) electrons. The number of aryl methyl sites for hydroxylation is 1. The standard InChI is InChI=1S/C20H19ClN2O4/c1-14-18(22-20(27-14)16-9-5-6-10-17(16)21)13-19(24)23-26-12-11-25-15-7-3-2-4-8-15/h2-10H,11-13H2,1H3,(H,23,24). The molecule has 2 aromatic carbocycles. The highest BCUT2D eigenvalue weighted by molar-refractivity contribution is 6.33. The summed E-state index contributed by atoms with van der Waals surface area (Å²) in [5.41, 5.74) is 3.60. The minimum absolute atomic E-state index is 0.0410. The fourth-order valence-corrected chi connectivity index (χ4v) is 2.60. The van der Waals surface area contributed by atoms with Crippen LogP contribution in [0.4, 0.5) is 0 Å². The van der Waals surface area contributed by atoms with E-state index in [-0.39, 0.29) is 18.9 Å². The average molecular weight is 387 g/mol. The Morgan fingerprint density at radius 1 is 1.11 bits per heavy atom. The van der Waals surface area contributed by atoms with Gasteiger partial charge < -0.3 is 9.15 Å². The number of benzene rings is 2. The quantitative estimate of drug-likeness (QED) is 0.468. The molecule has 0 spiro atoms. The molecule has 27 heavy (non-hydrogen) atoms. The van der Waals surface area contributed by atoms with Crippen molar-refractivity contribution in [3.63, 3.8) is 0 Å². The van der Waals surface area contributed by atoms with Crippen molar-refractivity contribution in [2.45, 2.75) is 13.3 Å². The first-order valence-corrected chi connectivity index (χ1v) is 8.81. The molecule has 1 aromatic heterocycles. The van der Waals surface area contributed by atoms with E-state index in [1.54, 1.807) is 13.0 Å². The smallest absolute Gasteiger partial charge is 0.249 e. The molecule has 7 heteroatoms. The summed E-state index contributed by atoms with van der Waals surface area (Å²) < 4.78 is 11.1. The van der Waals surface area contributed by atoms with E-state index in [0.717, 1.165) is 5.75 Å². The summed E-state index contributed by atoms with van der Waals surface area (Å²) in [6.07, 6.45) is 0.0410. The Balaban J connectivity index is 1.46. The van der Waals surface area contributed by atoms with Gasteiger partial charge in [0.05, 0.1) is 22.7 Å². The van der Waals surface area contributed by atoms with Crippen molar-refractivity contribution in [2.75, 3.05) is 13.2 Å².